The van der Waals surface area contributed by atoms with Gasteiger partial charge in [0.05, 0.1) is 32.5 Å². The van der Waals surface area contributed by atoms with E-state index in [4.69, 9.17) is 33.2 Å². The first-order valence-corrected chi connectivity index (χ1v) is 9.33. The summed E-state index contributed by atoms with van der Waals surface area (Å²) >= 11 is 12.3. The number of benzene rings is 1. The van der Waals surface area contributed by atoms with Crippen LogP contribution in [-0.2, 0) is 0 Å². The van der Waals surface area contributed by atoms with Gasteiger partial charge in [-0.1, -0.05) is 29.3 Å². The Kier molecular flexibility index (Phi) is 4.44. The van der Waals surface area contributed by atoms with E-state index in [0.29, 0.717) is 16.0 Å². The van der Waals surface area contributed by atoms with Gasteiger partial charge >= 0.3 is 0 Å². The fourth-order valence-corrected chi connectivity index (χ4v) is 3.96. The Hall–Kier alpha value is -1.62. The maximum absolute atomic E-state index is 6.21. The lowest BCUT2D eigenvalue weighted by molar-refractivity contribution is 0.454. The van der Waals surface area contributed by atoms with Crippen LogP contribution in [0.4, 0.5) is 0 Å². The van der Waals surface area contributed by atoms with Crippen LogP contribution in [0.15, 0.2) is 18.2 Å². The molecule has 3 aromatic rings. The standard InChI is InChI=1S/C19H20Cl2N4/c1-10-16(13-3-4-14(20)15(21)9-13)25-19-17(10)23-11(2)24-18(19)12-5-7-22-8-6-12/h3-4,9,12,22,25H,5-8H2,1-2H3. The zero-order valence-electron chi connectivity index (χ0n) is 14.3. The van der Waals surface area contributed by atoms with E-state index in [2.05, 4.69) is 17.2 Å². The maximum Gasteiger partial charge on any atom is 0.126 e. The van der Waals surface area contributed by atoms with Crippen molar-refractivity contribution in [1.29, 1.82) is 0 Å². The Bertz CT molecular complexity index is 942. The van der Waals surface area contributed by atoms with Crippen LogP contribution in [0.3, 0.4) is 0 Å². The number of aromatic amines is 1. The second kappa shape index (κ2) is 6.60. The molecule has 2 aromatic heterocycles. The largest absolute Gasteiger partial charge is 0.351 e. The summed E-state index contributed by atoms with van der Waals surface area (Å²) < 4.78 is 0. The molecule has 0 aliphatic carbocycles. The van der Waals surface area contributed by atoms with Crippen LogP contribution in [0.1, 0.15) is 35.8 Å². The fraction of sp³-hybridized carbons (Fsp3) is 0.368. The molecule has 6 heteroatoms. The van der Waals surface area contributed by atoms with Crippen molar-refractivity contribution in [3.63, 3.8) is 0 Å². The van der Waals surface area contributed by atoms with Crippen LogP contribution in [0.2, 0.25) is 10.0 Å². The maximum atomic E-state index is 6.21. The van der Waals surface area contributed by atoms with Crippen LogP contribution in [0, 0.1) is 13.8 Å². The van der Waals surface area contributed by atoms with Crippen LogP contribution in [-0.4, -0.2) is 28.0 Å². The van der Waals surface area contributed by atoms with Crippen molar-refractivity contribution in [3.8, 4) is 11.3 Å². The Morgan fingerprint density at radius 2 is 1.80 bits per heavy atom. The number of nitrogens with zero attached hydrogens (tertiary/aromatic N) is 2. The molecule has 3 heterocycles. The SMILES string of the molecule is Cc1nc(C2CCNCC2)c2[nH]c(-c3ccc(Cl)c(Cl)c3)c(C)c2n1. The zero-order valence-corrected chi connectivity index (χ0v) is 15.8. The van der Waals surface area contributed by atoms with E-state index in [1.165, 1.54) is 0 Å². The lowest BCUT2D eigenvalue weighted by atomic mass is 9.93. The minimum absolute atomic E-state index is 0.463. The molecule has 2 N–H and O–H groups in total. The second-order valence-electron chi connectivity index (χ2n) is 6.66. The number of piperidine rings is 1. The normalized spacial score (nSPS) is 15.8. The number of halogens is 2. The van der Waals surface area contributed by atoms with Crippen LogP contribution >= 0.6 is 23.2 Å². The predicted octanol–water partition coefficient (Wildman–Crippen LogP) is 5.02. The summed E-state index contributed by atoms with van der Waals surface area (Å²) in [6.07, 6.45) is 2.21. The number of hydrogen-bond acceptors (Lipinski definition) is 3. The number of H-pyrrole nitrogens is 1. The van der Waals surface area contributed by atoms with E-state index in [1.807, 2.05) is 25.1 Å². The summed E-state index contributed by atoms with van der Waals surface area (Å²) in [6.45, 7) is 6.13. The van der Waals surface area contributed by atoms with Crippen molar-refractivity contribution in [2.24, 2.45) is 0 Å². The second-order valence-corrected chi connectivity index (χ2v) is 7.47. The number of rotatable bonds is 2. The molecule has 4 rings (SSSR count). The summed E-state index contributed by atoms with van der Waals surface area (Å²) in [7, 11) is 0. The molecule has 1 aromatic carbocycles. The average molecular weight is 375 g/mol. The number of fused-ring (bicyclic) bond motifs is 1. The molecule has 1 aliphatic heterocycles. The quantitative estimate of drug-likeness (QED) is 0.662. The number of aryl methyl sites for hydroxylation is 2. The molecule has 0 spiro atoms. The van der Waals surface area contributed by atoms with Crippen molar-refractivity contribution in [3.05, 3.63) is 45.3 Å². The molecule has 25 heavy (non-hydrogen) atoms. The summed E-state index contributed by atoms with van der Waals surface area (Å²) in [5, 5.41) is 4.53. The molecule has 0 saturated carbocycles. The third kappa shape index (κ3) is 3.03. The van der Waals surface area contributed by atoms with Crippen molar-refractivity contribution >= 4 is 34.2 Å². The van der Waals surface area contributed by atoms with Gasteiger partial charge in [-0.2, -0.15) is 0 Å². The highest BCUT2D eigenvalue weighted by Gasteiger charge is 2.23. The Labute approximate surface area is 157 Å². The molecule has 0 bridgehead atoms. The van der Waals surface area contributed by atoms with Gasteiger partial charge in [0.2, 0.25) is 0 Å². The van der Waals surface area contributed by atoms with Gasteiger partial charge in [-0.3, -0.25) is 0 Å². The molecule has 1 fully saturated rings. The lowest BCUT2D eigenvalue weighted by Crippen LogP contribution is -2.27. The fourth-order valence-electron chi connectivity index (χ4n) is 3.66. The van der Waals surface area contributed by atoms with E-state index in [-0.39, 0.29) is 0 Å². The summed E-state index contributed by atoms with van der Waals surface area (Å²) in [5.74, 6) is 1.29. The number of aromatic nitrogens is 3. The van der Waals surface area contributed by atoms with Gasteiger partial charge in [0.15, 0.2) is 0 Å². The molecule has 130 valence electrons. The first-order valence-electron chi connectivity index (χ1n) is 8.57. The van der Waals surface area contributed by atoms with E-state index < -0.39 is 0 Å². The highest BCUT2D eigenvalue weighted by molar-refractivity contribution is 6.42. The molecule has 0 amide bonds. The van der Waals surface area contributed by atoms with Crippen molar-refractivity contribution in [2.75, 3.05) is 13.1 Å². The van der Waals surface area contributed by atoms with Crippen molar-refractivity contribution in [1.82, 2.24) is 20.3 Å². The Balaban J connectivity index is 1.90. The third-order valence-electron chi connectivity index (χ3n) is 4.96. The average Bonchev–Trinajstić information content (AvgIpc) is 2.94. The molecule has 4 nitrogen and oxygen atoms in total. The monoisotopic (exact) mass is 374 g/mol. The van der Waals surface area contributed by atoms with Gasteiger partial charge in [-0.15, -0.1) is 0 Å². The smallest absolute Gasteiger partial charge is 0.126 e. The first-order chi connectivity index (χ1) is 12.0. The lowest BCUT2D eigenvalue weighted by Gasteiger charge is -2.22. The first kappa shape index (κ1) is 16.8. The third-order valence-corrected chi connectivity index (χ3v) is 5.70. The van der Waals surface area contributed by atoms with Gasteiger partial charge in [0.25, 0.3) is 0 Å². The minimum atomic E-state index is 0.463. The topological polar surface area (TPSA) is 53.6 Å². The summed E-state index contributed by atoms with van der Waals surface area (Å²) in [4.78, 5) is 13.1. The van der Waals surface area contributed by atoms with E-state index >= 15 is 0 Å². The van der Waals surface area contributed by atoms with Gasteiger partial charge in [-0.25, -0.2) is 9.97 Å². The van der Waals surface area contributed by atoms with Crippen LogP contribution in [0.25, 0.3) is 22.3 Å². The molecular weight excluding hydrogens is 355 g/mol. The molecule has 0 unspecified atom stereocenters. The van der Waals surface area contributed by atoms with Gasteiger partial charge in [0, 0.05) is 11.5 Å². The summed E-state index contributed by atoms with van der Waals surface area (Å²) in [5.41, 5.74) is 6.35. The zero-order chi connectivity index (χ0) is 17.6. The molecule has 1 aliphatic rings. The number of hydrogen-bond donors (Lipinski definition) is 2. The molecular formula is C19H20Cl2N4. The molecule has 0 radical (unpaired) electrons. The highest BCUT2D eigenvalue weighted by atomic mass is 35.5. The van der Waals surface area contributed by atoms with Crippen molar-refractivity contribution in [2.45, 2.75) is 32.6 Å². The van der Waals surface area contributed by atoms with Crippen LogP contribution in [0.5, 0.6) is 0 Å². The number of nitrogens with one attached hydrogen (secondary N) is 2. The molecule has 0 atom stereocenters. The summed E-state index contributed by atoms with van der Waals surface area (Å²) in [6, 6.07) is 5.71. The minimum Gasteiger partial charge on any atom is -0.351 e. The van der Waals surface area contributed by atoms with E-state index in [0.717, 1.165) is 65.3 Å². The van der Waals surface area contributed by atoms with E-state index in [1.54, 1.807) is 0 Å². The van der Waals surface area contributed by atoms with Gasteiger partial charge in [0.1, 0.15) is 5.82 Å². The van der Waals surface area contributed by atoms with Crippen molar-refractivity contribution < 1.29 is 0 Å². The Morgan fingerprint density at radius 1 is 1.04 bits per heavy atom. The Morgan fingerprint density at radius 3 is 2.52 bits per heavy atom. The van der Waals surface area contributed by atoms with E-state index in [9.17, 15) is 0 Å². The van der Waals surface area contributed by atoms with Gasteiger partial charge < -0.3 is 10.3 Å². The molecule has 1 saturated heterocycles. The van der Waals surface area contributed by atoms with Gasteiger partial charge in [-0.05, 0) is 57.5 Å². The van der Waals surface area contributed by atoms with Crippen LogP contribution < -0.4 is 5.32 Å². The highest BCUT2D eigenvalue weighted by Crippen LogP contribution is 2.36. The predicted molar refractivity (Wildman–Crippen MR) is 104 cm³/mol.